The smallest absolute Gasteiger partial charge is 0.252 e. The molecule has 2 aromatic heterocycles. The maximum Gasteiger partial charge on any atom is 0.252 e. The fourth-order valence-corrected chi connectivity index (χ4v) is 2.82. The van der Waals surface area contributed by atoms with E-state index in [2.05, 4.69) is 10.3 Å². The molecule has 0 bridgehead atoms. The van der Waals surface area contributed by atoms with E-state index >= 15 is 0 Å². The summed E-state index contributed by atoms with van der Waals surface area (Å²) >= 11 is 3.24. The molecular weight excluding hydrogens is 264 g/mol. The van der Waals surface area contributed by atoms with Gasteiger partial charge in [-0.05, 0) is 30.0 Å². The van der Waals surface area contributed by atoms with Gasteiger partial charge < -0.3 is 5.32 Å². The molecule has 2 rings (SSSR count). The lowest BCUT2D eigenvalue weighted by atomic mass is 10.3. The number of nitrogens with one attached hydrogen (secondary N) is 1. The monoisotopic (exact) mass is 278 g/mol. The number of hydrogen-bond acceptors (Lipinski definition) is 4. The predicted molar refractivity (Wildman–Crippen MR) is 76.2 cm³/mol. The van der Waals surface area contributed by atoms with Crippen molar-refractivity contribution in [2.45, 2.75) is 11.4 Å². The molecule has 0 atom stereocenters. The number of pyridine rings is 1. The summed E-state index contributed by atoms with van der Waals surface area (Å²) in [4.78, 5) is 15.8. The van der Waals surface area contributed by atoms with Crippen molar-refractivity contribution < 1.29 is 4.79 Å². The van der Waals surface area contributed by atoms with Crippen molar-refractivity contribution in [1.82, 2.24) is 10.3 Å². The Labute approximate surface area is 115 Å². The summed E-state index contributed by atoms with van der Waals surface area (Å²) in [5.41, 5.74) is 0.748. The maximum absolute atomic E-state index is 11.6. The van der Waals surface area contributed by atoms with E-state index in [0.29, 0.717) is 6.54 Å². The van der Waals surface area contributed by atoms with Crippen LogP contribution in [0.3, 0.4) is 0 Å². The third kappa shape index (κ3) is 4.16. The van der Waals surface area contributed by atoms with Crippen molar-refractivity contribution in [3.8, 4) is 0 Å². The van der Waals surface area contributed by atoms with Gasteiger partial charge in [-0.25, -0.2) is 4.98 Å². The van der Waals surface area contributed by atoms with Crippen LogP contribution in [0.4, 0.5) is 0 Å². The number of carbonyl (C=O) groups is 1. The normalized spacial score (nSPS) is 10.2. The Balaban J connectivity index is 1.61. The summed E-state index contributed by atoms with van der Waals surface area (Å²) in [5, 5.41) is 7.70. The van der Waals surface area contributed by atoms with Gasteiger partial charge >= 0.3 is 0 Å². The number of thiophene rings is 1. The molecule has 0 aromatic carbocycles. The average molecular weight is 278 g/mol. The average Bonchev–Trinajstić information content (AvgIpc) is 2.93. The van der Waals surface area contributed by atoms with Crippen LogP contribution in [0.25, 0.3) is 0 Å². The number of rotatable bonds is 6. The standard InChI is InChI=1S/C13H14N2OS2/c16-13(11-5-9-17-10-11)15-7-3-8-18-12-4-1-2-6-14-12/h1-2,4-6,9-10H,3,7-8H2,(H,15,16). The van der Waals surface area contributed by atoms with Gasteiger partial charge in [-0.15, -0.1) is 11.8 Å². The van der Waals surface area contributed by atoms with Gasteiger partial charge in [-0.2, -0.15) is 11.3 Å². The SMILES string of the molecule is O=C(NCCCSc1ccccn1)c1ccsc1. The summed E-state index contributed by atoms with van der Waals surface area (Å²) < 4.78 is 0. The Morgan fingerprint density at radius 3 is 3.06 bits per heavy atom. The molecule has 5 heteroatoms. The highest BCUT2D eigenvalue weighted by molar-refractivity contribution is 7.99. The lowest BCUT2D eigenvalue weighted by Crippen LogP contribution is -2.24. The fourth-order valence-electron chi connectivity index (χ4n) is 1.38. The van der Waals surface area contributed by atoms with Gasteiger partial charge in [-0.3, -0.25) is 4.79 Å². The molecule has 94 valence electrons. The van der Waals surface area contributed by atoms with Crippen LogP contribution < -0.4 is 5.32 Å². The molecule has 0 aliphatic rings. The summed E-state index contributed by atoms with van der Waals surface area (Å²) in [7, 11) is 0. The number of aromatic nitrogens is 1. The van der Waals surface area contributed by atoms with E-state index < -0.39 is 0 Å². The van der Waals surface area contributed by atoms with E-state index in [4.69, 9.17) is 0 Å². The van der Waals surface area contributed by atoms with Gasteiger partial charge in [-0.1, -0.05) is 6.07 Å². The van der Waals surface area contributed by atoms with Crippen molar-refractivity contribution in [3.05, 3.63) is 46.8 Å². The zero-order chi connectivity index (χ0) is 12.6. The van der Waals surface area contributed by atoms with Gasteiger partial charge in [0.25, 0.3) is 5.91 Å². The number of nitrogens with zero attached hydrogens (tertiary/aromatic N) is 1. The molecule has 18 heavy (non-hydrogen) atoms. The van der Waals surface area contributed by atoms with E-state index in [1.165, 1.54) is 11.3 Å². The Hall–Kier alpha value is -1.33. The van der Waals surface area contributed by atoms with Crippen LogP contribution >= 0.6 is 23.1 Å². The number of thioether (sulfide) groups is 1. The highest BCUT2D eigenvalue weighted by atomic mass is 32.2. The fraction of sp³-hybridized carbons (Fsp3) is 0.231. The Morgan fingerprint density at radius 1 is 1.39 bits per heavy atom. The van der Waals surface area contributed by atoms with Crippen LogP contribution in [0.15, 0.2) is 46.2 Å². The molecule has 0 fully saturated rings. The highest BCUT2D eigenvalue weighted by Gasteiger charge is 2.03. The first-order valence-corrected chi connectivity index (χ1v) is 7.63. The molecule has 1 amide bonds. The largest absolute Gasteiger partial charge is 0.352 e. The summed E-state index contributed by atoms with van der Waals surface area (Å²) in [6.45, 7) is 0.703. The van der Waals surface area contributed by atoms with Crippen LogP contribution in [-0.2, 0) is 0 Å². The van der Waals surface area contributed by atoms with Crippen molar-refractivity contribution in [1.29, 1.82) is 0 Å². The molecule has 0 aliphatic carbocycles. The second-order valence-electron chi connectivity index (χ2n) is 3.64. The topological polar surface area (TPSA) is 42.0 Å². The van der Waals surface area contributed by atoms with Crippen LogP contribution in [0.5, 0.6) is 0 Å². The minimum absolute atomic E-state index is 0.0130. The minimum atomic E-state index is 0.0130. The molecule has 2 heterocycles. The Kier molecular flexibility index (Phi) is 5.23. The molecular formula is C13H14N2OS2. The van der Waals surface area contributed by atoms with Gasteiger partial charge in [0.15, 0.2) is 0 Å². The van der Waals surface area contributed by atoms with Gasteiger partial charge in [0.2, 0.25) is 0 Å². The molecule has 0 radical (unpaired) electrons. The van der Waals surface area contributed by atoms with E-state index in [9.17, 15) is 4.79 Å². The molecule has 0 aliphatic heterocycles. The molecule has 0 saturated heterocycles. The van der Waals surface area contributed by atoms with Gasteiger partial charge in [0.1, 0.15) is 0 Å². The first-order valence-electron chi connectivity index (χ1n) is 5.70. The van der Waals surface area contributed by atoms with Crippen molar-refractivity contribution in [2.24, 2.45) is 0 Å². The summed E-state index contributed by atoms with van der Waals surface area (Å²) in [6.07, 6.45) is 2.73. The van der Waals surface area contributed by atoms with Crippen molar-refractivity contribution in [2.75, 3.05) is 12.3 Å². The molecule has 0 saturated carbocycles. The Morgan fingerprint density at radius 2 is 2.33 bits per heavy atom. The van der Waals surface area contributed by atoms with Crippen molar-refractivity contribution in [3.63, 3.8) is 0 Å². The lowest BCUT2D eigenvalue weighted by molar-refractivity contribution is 0.0954. The number of hydrogen-bond donors (Lipinski definition) is 1. The second kappa shape index (κ2) is 7.18. The summed E-state index contributed by atoms with van der Waals surface area (Å²) in [5.74, 6) is 0.972. The molecule has 3 nitrogen and oxygen atoms in total. The lowest BCUT2D eigenvalue weighted by Gasteiger charge is -2.03. The van der Waals surface area contributed by atoms with Crippen LogP contribution in [-0.4, -0.2) is 23.2 Å². The first kappa shape index (κ1) is 13.1. The third-order valence-electron chi connectivity index (χ3n) is 2.28. The van der Waals surface area contributed by atoms with Gasteiger partial charge in [0, 0.05) is 29.4 Å². The van der Waals surface area contributed by atoms with E-state index in [1.807, 2.05) is 35.0 Å². The van der Waals surface area contributed by atoms with Gasteiger partial charge in [0.05, 0.1) is 5.03 Å². The van der Waals surface area contributed by atoms with Crippen LogP contribution in [0.2, 0.25) is 0 Å². The number of carbonyl (C=O) groups excluding carboxylic acids is 1. The van der Waals surface area contributed by atoms with E-state index in [0.717, 1.165) is 22.8 Å². The molecule has 2 aromatic rings. The van der Waals surface area contributed by atoms with Crippen LogP contribution in [0.1, 0.15) is 16.8 Å². The zero-order valence-corrected chi connectivity index (χ0v) is 11.5. The quantitative estimate of drug-likeness (QED) is 0.652. The second-order valence-corrected chi connectivity index (χ2v) is 5.53. The molecule has 1 N–H and O–H groups in total. The summed E-state index contributed by atoms with van der Waals surface area (Å²) in [6, 6.07) is 7.72. The molecule has 0 unspecified atom stereocenters. The maximum atomic E-state index is 11.6. The van der Waals surface area contributed by atoms with E-state index in [-0.39, 0.29) is 5.91 Å². The molecule has 0 spiro atoms. The minimum Gasteiger partial charge on any atom is -0.352 e. The Bertz CT molecular complexity index is 471. The predicted octanol–water partition coefficient (Wildman–Crippen LogP) is 3.06. The third-order valence-corrected chi connectivity index (χ3v) is 3.99. The number of amides is 1. The van der Waals surface area contributed by atoms with Crippen molar-refractivity contribution >= 4 is 29.0 Å². The first-order chi connectivity index (χ1) is 8.86. The van der Waals surface area contributed by atoms with E-state index in [1.54, 1.807) is 18.0 Å². The zero-order valence-electron chi connectivity index (χ0n) is 9.83. The van der Waals surface area contributed by atoms with Crippen LogP contribution in [0, 0.1) is 0 Å². The highest BCUT2D eigenvalue weighted by Crippen LogP contribution is 2.14.